The van der Waals surface area contributed by atoms with E-state index in [1.54, 1.807) is 13.2 Å². The summed E-state index contributed by atoms with van der Waals surface area (Å²) in [7, 11) is 1.68. The lowest BCUT2D eigenvalue weighted by molar-refractivity contribution is 0.0840. The molecule has 0 amide bonds. The standard InChI is InChI=1S/C15H18O2/c1-15(17-2)9-8-14(16)13(11-15)10-12-6-4-3-5-7-12/h3-9,11,14,16H,10H2,1-2H3/t14?,15-/m1/s1. The molecule has 1 aromatic rings. The van der Waals surface area contributed by atoms with Crippen molar-refractivity contribution in [1.29, 1.82) is 0 Å². The summed E-state index contributed by atoms with van der Waals surface area (Å²) in [6.45, 7) is 1.99. The van der Waals surface area contributed by atoms with Crippen molar-refractivity contribution >= 4 is 0 Å². The van der Waals surface area contributed by atoms with E-state index in [0.717, 1.165) is 12.0 Å². The van der Waals surface area contributed by atoms with E-state index in [9.17, 15) is 5.11 Å². The van der Waals surface area contributed by atoms with E-state index in [0.29, 0.717) is 0 Å². The van der Waals surface area contributed by atoms with Crippen LogP contribution >= 0.6 is 0 Å². The van der Waals surface area contributed by atoms with Gasteiger partial charge in [-0.3, -0.25) is 0 Å². The summed E-state index contributed by atoms with van der Waals surface area (Å²) < 4.78 is 5.42. The van der Waals surface area contributed by atoms with Crippen molar-refractivity contribution in [2.24, 2.45) is 0 Å². The topological polar surface area (TPSA) is 29.5 Å². The Hall–Kier alpha value is -1.38. The van der Waals surface area contributed by atoms with Crippen LogP contribution in [-0.4, -0.2) is 23.9 Å². The molecular weight excluding hydrogens is 212 g/mol. The van der Waals surface area contributed by atoms with E-state index in [4.69, 9.17) is 4.74 Å². The lowest BCUT2D eigenvalue weighted by Gasteiger charge is -2.28. The second kappa shape index (κ2) is 4.86. The van der Waals surface area contributed by atoms with Crippen LogP contribution in [0.3, 0.4) is 0 Å². The van der Waals surface area contributed by atoms with Gasteiger partial charge in [0, 0.05) is 7.11 Å². The molecule has 0 heterocycles. The molecule has 2 heteroatoms. The Kier molecular flexibility index (Phi) is 3.46. The molecule has 1 N–H and O–H groups in total. The molecule has 1 aliphatic rings. The van der Waals surface area contributed by atoms with Gasteiger partial charge in [-0.05, 0) is 30.6 Å². The molecule has 0 aromatic heterocycles. The van der Waals surface area contributed by atoms with Gasteiger partial charge in [-0.1, -0.05) is 42.5 Å². The molecule has 90 valence electrons. The van der Waals surface area contributed by atoms with E-state index in [-0.39, 0.29) is 0 Å². The minimum absolute atomic E-state index is 0.399. The zero-order valence-corrected chi connectivity index (χ0v) is 10.3. The Bertz CT molecular complexity index is 433. The molecule has 0 radical (unpaired) electrons. The lowest BCUT2D eigenvalue weighted by atomic mass is 9.89. The van der Waals surface area contributed by atoms with Crippen LogP contribution in [0.2, 0.25) is 0 Å². The van der Waals surface area contributed by atoms with Gasteiger partial charge in [0.25, 0.3) is 0 Å². The molecule has 1 aliphatic carbocycles. The SMILES string of the molecule is CO[C@]1(C)C=CC(O)C(Cc2ccccc2)=C1. The van der Waals surface area contributed by atoms with Crippen molar-refractivity contribution in [3.63, 3.8) is 0 Å². The maximum absolute atomic E-state index is 9.95. The van der Waals surface area contributed by atoms with Gasteiger partial charge in [-0.25, -0.2) is 0 Å². The van der Waals surface area contributed by atoms with Gasteiger partial charge in [0.05, 0.1) is 6.10 Å². The predicted molar refractivity (Wildman–Crippen MR) is 68.8 cm³/mol. The van der Waals surface area contributed by atoms with Crippen LogP contribution in [0.4, 0.5) is 0 Å². The normalized spacial score (nSPS) is 27.9. The van der Waals surface area contributed by atoms with E-state index >= 15 is 0 Å². The smallest absolute Gasteiger partial charge is 0.102 e. The quantitative estimate of drug-likeness (QED) is 0.808. The fourth-order valence-electron chi connectivity index (χ4n) is 2.02. The van der Waals surface area contributed by atoms with Gasteiger partial charge in [0.1, 0.15) is 5.60 Å². The molecule has 2 rings (SSSR count). The van der Waals surface area contributed by atoms with Crippen LogP contribution < -0.4 is 0 Å². The molecule has 0 aliphatic heterocycles. The molecule has 1 unspecified atom stereocenters. The van der Waals surface area contributed by atoms with E-state index in [2.05, 4.69) is 12.1 Å². The molecule has 0 saturated carbocycles. The van der Waals surface area contributed by atoms with Crippen molar-refractivity contribution in [3.05, 3.63) is 59.7 Å². The minimum Gasteiger partial charge on any atom is -0.385 e. The van der Waals surface area contributed by atoms with Gasteiger partial charge in [0.15, 0.2) is 0 Å². The number of benzene rings is 1. The molecule has 0 fully saturated rings. The first-order valence-corrected chi connectivity index (χ1v) is 5.81. The fourth-order valence-corrected chi connectivity index (χ4v) is 2.02. The largest absolute Gasteiger partial charge is 0.385 e. The molecule has 0 spiro atoms. The molecule has 0 saturated heterocycles. The molecule has 2 nitrogen and oxygen atoms in total. The summed E-state index contributed by atoms with van der Waals surface area (Å²) in [5.74, 6) is 0. The highest BCUT2D eigenvalue weighted by atomic mass is 16.5. The number of hydrogen-bond acceptors (Lipinski definition) is 2. The summed E-state index contributed by atoms with van der Waals surface area (Å²) in [5, 5.41) is 9.95. The Balaban J connectivity index is 2.20. The number of aliphatic hydroxyl groups excluding tert-OH is 1. The summed E-state index contributed by atoms with van der Waals surface area (Å²) in [6.07, 6.45) is 5.95. The Morgan fingerprint density at radius 1 is 1.29 bits per heavy atom. The summed E-state index contributed by atoms with van der Waals surface area (Å²) in [6, 6.07) is 10.1. The van der Waals surface area contributed by atoms with Crippen LogP contribution in [0.5, 0.6) is 0 Å². The number of hydrogen-bond donors (Lipinski definition) is 1. The van der Waals surface area contributed by atoms with Crippen LogP contribution in [0.25, 0.3) is 0 Å². The van der Waals surface area contributed by atoms with Gasteiger partial charge in [-0.2, -0.15) is 0 Å². The molecule has 1 aromatic carbocycles. The molecule has 2 atom stereocenters. The number of aliphatic hydroxyl groups is 1. The molecule has 0 bridgehead atoms. The van der Waals surface area contributed by atoms with Crippen LogP contribution in [-0.2, 0) is 11.2 Å². The summed E-state index contributed by atoms with van der Waals surface area (Å²) in [5.41, 5.74) is 1.79. The van der Waals surface area contributed by atoms with Crippen LogP contribution in [0, 0.1) is 0 Å². The number of rotatable bonds is 3. The van der Waals surface area contributed by atoms with Gasteiger partial charge in [-0.15, -0.1) is 0 Å². The Morgan fingerprint density at radius 2 is 2.00 bits per heavy atom. The fraction of sp³-hybridized carbons (Fsp3) is 0.333. The zero-order chi connectivity index (χ0) is 12.3. The second-order valence-electron chi connectivity index (χ2n) is 4.57. The highest BCUT2D eigenvalue weighted by Crippen LogP contribution is 2.25. The van der Waals surface area contributed by atoms with Crippen molar-refractivity contribution in [2.45, 2.75) is 25.0 Å². The molecule has 17 heavy (non-hydrogen) atoms. The van der Waals surface area contributed by atoms with Crippen molar-refractivity contribution in [3.8, 4) is 0 Å². The average Bonchev–Trinajstić information content (AvgIpc) is 2.35. The van der Waals surface area contributed by atoms with Gasteiger partial charge < -0.3 is 9.84 Å². The summed E-state index contributed by atoms with van der Waals surface area (Å²) >= 11 is 0. The maximum Gasteiger partial charge on any atom is 0.102 e. The van der Waals surface area contributed by atoms with Crippen molar-refractivity contribution in [2.75, 3.05) is 7.11 Å². The third-order valence-electron chi connectivity index (χ3n) is 3.15. The predicted octanol–water partition coefficient (Wildman–Crippen LogP) is 2.49. The van der Waals surface area contributed by atoms with Crippen molar-refractivity contribution in [1.82, 2.24) is 0 Å². The third-order valence-corrected chi connectivity index (χ3v) is 3.15. The van der Waals surface area contributed by atoms with Crippen LogP contribution in [0.1, 0.15) is 12.5 Å². The van der Waals surface area contributed by atoms with E-state index in [1.165, 1.54) is 5.56 Å². The first-order valence-electron chi connectivity index (χ1n) is 5.81. The maximum atomic E-state index is 9.95. The Labute approximate surface area is 102 Å². The highest BCUT2D eigenvalue weighted by molar-refractivity contribution is 5.34. The van der Waals surface area contributed by atoms with E-state index < -0.39 is 11.7 Å². The minimum atomic E-state index is -0.501. The first kappa shape index (κ1) is 12.1. The zero-order valence-electron chi connectivity index (χ0n) is 10.3. The number of methoxy groups -OCH3 is 1. The monoisotopic (exact) mass is 230 g/mol. The Morgan fingerprint density at radius 3 is 2.65 bits per heavy atom. The van der Waals surface area contributed by atoms with Crippen molar-refractivity contribution < 1.29 is 9.84 Å². The van der Waals surface area contributed by atoms with Crippen LogP contribution in [0.15, 0.2) is 54.1 Å². The highest BCUT2D eigenvalue weighted by Gasteiger charge is 2.24. The lowest BCUT2D eigenvalue weighted by Crippen LogP contribution is -2.28. The number of ether oxygens (including phenoxy) is 1. The van der Waals surface area contributed by atoms with Gasteiger partial charge in [0.2, 0.25) is 0 Å². The van der Waals surface area contributed by atoms with E-state index in [1.807, 2.05) is 37.3 Å². The van der Waals surface area contributed by atoms with Gasteiger partial charge >= 0.3 is 0 Å². The third kappa shape index (κ3) is 2.84. The average molecular weight is 230 g/mol. The first-order chi connectivity index (χ1) is 8.13. The summed E-state index contributed by atoms with van der Waals surface area (Å²) in [4.78, 5) is 0. The molecular formula is C15H18O2. The second-order valence-corrected chi connectivity index (χ2v) is 4.57.